The number of amides is 1. The predicted octanol–water partition coefficient (Wildman–Crippen LogP) is 4.38. The molecule has 0 atom stereocenters. The Balaban J connectivity index is 1.87. The van der Waals surface area contributed by atoms with Gasteiger partial charge in [0.2, 0.25) is 0 Å². The van der Waals surface area contributed by atoms with Gasteiger partial charge in [-0.15, -0.1) is 0 Å². The fraction of sp³-hybridized carbons (Fsp3) is 0.231. The number of nitrogens with one attached hydrogen (secondary N) is 2. The number of carbonyl (C=O) groups excluding carboxylic acids is 2. The summed E-state index contributed by atoms with van der Waals surface area (Å²) in [6.07, 6.45) is 0. The van der Waals surface area contributed by atoms with Crippen LogP contribution in [0.4, 0.5) is 5.69 Å². The van der Waals surface area contributed by atoms with E-state index in [9.17, 15) is 18.0 Å². The number of carbonyl (C=O) groups is 2. The van der Waals surface area contributed by atoms with E-state index in [1.54, 1.807) is 30.3 Å². The van der Waals surface area contributed by atoms with Crippen LogP contribution in [0.5, 0.6) is 5.75 Å². The Bertz CT molecular complexity index is 1320. The maximum Gasteiger partial charge on any atom is 0.261 e. The van der Waals surface area contributed by atoms with Gasteiger partial charge in [-0.25, -0.2) is 8.42 Å². The van der Waals surface area contributed by atoms with E-state index in [0.717, 1.165) is 5.56 Å². The van der Waals surface area contributed by atoms with Crippen molar-refractivity contribution in [2.45, 2.75) is 31.1 Å². The van der Waals surface area contributed by atoms with Crippen LogP contribution < -0.4 is 14.8 Å². The Kier molecular flexibility index (Phi) is 7.12. The fourth-order valence-electron chi connectivity index (χ4n) is 3.39. The van der Waals surface area contributed by atoms with Gasteiger partial charge in [0.05, 0.1) is 17.6 Å². The van der Waals surface area contributed by atoms with Crippen molar-refractivity contribution in [3.8, 4) is 5.75 Å². The van der Waals surface area contributed by atoms with E-state index in [0.29, 0.717) is 11.1 Å². The molecule has 3 aromatic carbocycles. The highest BCUT2D eigenvalue weighted by molar-refractivity contribution is 7.92. The molecule has 2 N–H and O–H groups in total. The van der Waals surface area contributed by atoms with E-state index in [-0.39, 0.29) is 33.1 Å². The van der Waals surface area contributed by atoms with Crippen LogP contribution in [0.1, 0.15) is 52.6 Å². The van der Waals surface area contributed by atoms with E-state index in [4.69, 9.17) is 4.74 Å². The molecule has 0 saturated carbocycles. The average molecular weight is 481 g/mol. The van der Waals surface area contributed by atoms with Crippen molar-refractivity contribution in [1.29, 1.82) is 0 Å². The first kappa shape index (κ1) is 25.0. The minimum Gasteiger partial charge on any atom is -0.496 e. The quantitative estimate of drug-likeness (QED) is 0.489. The summed E-state index contributed by atoms with van der Waals surface area (Å²) >= 11 is 0. The molecule has 7 nitrogen and oxygen atoms in total. The molecule has 178 valence electrons. The third-order valence-electron chi connectivity index (χ3n) is 5.34. The van der Waals surface area contributed by atoms with E-state index >= 15 is 0 Å². The highest BCUT2D eigenvalue weighted by Crippen LogP contribution is 2.26. The van der Waals surface area contributed by atoms with Crippen molar-refractivity contribution < 1.29 is 22.7 Å². The maximum atomic E-state index is 13.0. The lowest BCUT2D eigenvalue weighted by atomic mass is 9.86. The van der Waals surface area contributed by atoms with Gasteiger partial charge in [0.15, 0.2) is 5.78 Å². The number of rotatable bonds is 7. The molecule has 34 heavy (non-hydrogen) atoms. The third kappa shape index (κ3) is 5.46. The van der Waals surface area contributed by atoms with Crippen molar-refractivity contribution in [3.05, 3.63) is 89.0 Å². The number of anilines is 1. The Morgan fingerprint density at radius 1 is 0.882 bits per heavy atom. The summed E-state index contributed by atoms with van der Waals surface area (Å²) in [6, 6.07) is 17.7. The van der Waals surface area contributed by atoms with E-state index < -0.39 is 15.9 Å². The molecular formula is C26H28N2O5S. The topological polar surface area (TPSA) is 102 Å². The Hall–Kier alpha value is -3.65. The molecule has 3 rings (SSSR count). The van der Waals surface area contributed by atoms with E-state index in [1.807, 2.05) is 12.1 Å². The second-order valence-electron chi connectivity index (χ2n) is 8.78. The van der Waals surface area contributed by atoms with Crippen molar-refractivity contribution in [1.82, 2.24) is 5.32 Å². The van der Waals surface area contributed by atoms with Crippen molar-refractivity contribution in [2.75, 3.05) is 18.9 Å². The molecule has 3 aromatic rings. The van der Waals surface area contributed by atoms with Crippen LogP contribution >= 0.6 is 0 Å². The predicted molar refractivity (Wildman–Crippen MR) is 132 cm³/mol. The average Bonchev–Trinajstić information content (AvgIpc) is 2.82. The molecule has 0 saturated heterocycles. The molecule has 1 amide bonds. The standard InChI is InChI=1S/C26H28N2O5S/c1-26(2,3)19-11-9-17(10-12-19)24(29)18-7-6-8-20(15-18)28-34(31,32)21-13-14-23(33-5)22(16-21)25(30)27-4/h6-16,28H,1-5H3,(H,27,30). The molecule has 0 heterocycles. The summed E-state index contributed by atoms with van der Waals surface area (Å²) in [5.74, 6) is -0.435. The molecule has 0 aromatic heterocycles. The molecule has 0 spiro atoms. The van der Waals surface area contributed by atoms with E-state index in [1.165, 1.54) is 38.4 Å². The lowest BCUT2D eigenvalue weighted by Crippen LogP contribution is -2.20. The first-order valence-corrected chi connectivity index (χ1v) is 12.1. The fourth-order valence-corrected chi connectivity index (χ4v) is 4.47. The number of sulfonamides is 1. The van der Waals surface area contributed by atoms with Gasteiger partial charge in [0.25, 0.3) is 15.9 Å². The van der Waals surface area contributed by atoms with Gasteiger partial charge in [-0.3, -0.25) is 14.3 Å². The molecule has 8 heteroatoms. The van der Waals surface area contributed by atoms with Crippen LogP contribution in [0.25, 0.3) is 0 Å². The van der Waals surface area contributed by atoms with Crippen LogP contribution in [0.3, 0.4) is 0 Å². The lowest BCUT2D eigenvalue weighted by Gasteiger charge is -2.19. The van der Waals surface area contributed by atoms with Gasteiger partial charge in [0, 0.05) is 23.9 Å². The molecule has 0 unspecified atom stereocenters. The summed E-state index contributed by atoms with van der Waals surface area (Å²) in [6.45, 7) is 6.29. The number of hydrogen-bond acceptors (Lipinski definition) is 5. The van der Waals surface area contributed by atoms with Crippen LogP contribution in [-0.2, 0) is 15.4 Å². The second kappa shape index (κ2) is 9.69. The summed E-state index contributed by atoms with van der Waals surface area (Å²) in [5, 5.41) is 2.46. The molecule has 0 bridgehead atoms. The number of ketones is 1. The molecule has 0 aliphatic heterocycles. The van der Waals surface area contributed by atoms with Gasteiger partial charge >= 0.3 is 0 Å². The van der Waals surface area contributed by atoms with Gasteiger partial charge < -0.3 is 10.1 Å². The Morgan fingerprint density at radius 3 is 2.15 bits per heavy atom. The number of hydrogen-bond donors (Lipinski definition) is 2. The zero-order valence-corrected chi connectivity index (χ0v) is 20.6. The zero-order chi connectivity index (χ0) is 25.1. The normalized spacial score (nSPS) is 11.6. The maximum absolute atomic E-state index is 13.0. The van der Waals surface area contributed by atoms with Gasteiger partial charge in [-0.1, -0.05) is 57.2 Å². The first-order chi connectivity index (χ1) is 16.0. The number of benzene rings is 3. The highest BCUT2D eigenvalue weighted by Gasteiger charge is 2.20. The third-order valence-corrected chi connectivity index (χ3v) is 6.72. The van der Waals surface area contributed by atoms with Crippen LogP contribution in [0.2, 0.25) is 0 Å². The molecule has 0 aliphatic carbocycles. The van der Waals surface area contributed by atoms with Crippen LogP contribution in [0.15, 0.2) is 71.6 Å². The number of ether oxygens (including phenoxy) is 1. The lowest BCUT2D eigenvalue weighted by molar-refractivity contribution is 0.0959. The smallest absolute Gasteiger partial charge is 0.261 e. The Labute approximate surface area is 200 Å². The van der Waals surface area contributed by atoms with E-state index in [2.05, 4.69) is 30.8 Å². The van der Waals surface area contributed by atoms with Gasteiger partial charge in [-0.2, -0.15) is 0 Å². The second-order valence-corrected chi connectivity index (χ2v) is 10.5. The van der Waals surface area contributed by atoms with Gasteiger partial charge in [0.1, 0.15) is 5.75 Å². The minimum atomic E-state index is -4.03. The number of methoxy groups -OCH3 is 1. The SMILES string of the molecule is CNC(=O)c1cc(S(=O)(=O)Nc2cccc(C(=O)c3ccc(C(C)(C)C)cc3)c2)ccc1OC. The van der Waals surface area contributed by atoms with Gasteiger partial charge in [-0.05, 0) is 41.3 Å². The molecule has 0 fully saturated rings. The first-order valence-electron chi connectivity index (χ1n) is 10.6. The summed E-state index contributed by atoms with van der Waals surface area (Å²) in [4.78, 5) is 25.0. The van der Waals surface area contributed by atoms with Crippen molar-refractivity contribution >= 4 is 27.4 Å². The largest absolute Gasteiger partial charge is 0.496 e. The Morgan fingerprint density at radius 2 is 1.56 bits per heavy atom. The molecular weight excluding hydrogens is 452 g/mol. The summed E-state index contributed by atoms with van der Waals surface area (Å²) < 4.78 is 33.6. The van der Waals surface area contributed by atoms with Crippen molar-refractivity contribution in [2.24, 2.45) is 0 Å². The minimum absolute atomic E-state index is 0.0289. The van der Waals surface area contributed by atoms with Crippen LogP contribution in [0, 0.1) is 0 Å². The molecule has 0 radical (unpaired) electrons. The summed E-state index contributed by atoms with van der Waals surface area (Å²) in [7, 11) is -1.19. The molecule has 0 aliphatic rings. The summed E-state index contributed by atoms with van der Waals surface area (Å²) in [5.41, 5.74) is 2.27. The van der Waals surface area contributed by atoms with Crippen molar-refractivity contribution in [3.63, 3.8) is 0 Å². The van der Waals surface area contributed by atoms with Crippen LogP contribution in [-0.4, -0.2) is 34.3 Å². The monoisotopic (exact) mass is 480 g/mol. The highest BCUT2D eigenvalue weighted by atomic mass is 32.2. The zero-order valence-electron chi connectivity index (χ0n) is 19.8.